The van der Waals surface area contributed by atoms with Crippen molar-refractivity contribution < 1.29 is 23.4 Å². The Kier molecular flexibility index (Phi) is 6.12. The van der Waals surface area contributed by atoms with Gasteiger partial charge in [-0.25, -0.2) is 8.78 Å². The number of aromatic hydroxyl groups is 1. The number of hydrogen-bond donors (Lipinski definition) is 2. The standard InChI is InChI=1S/C18H19F2NO3/c1-12(22)24-9-3-5-13-4-2-6-14(10-13)21-11-15-16(19)7-8-17(23)18(15)20/h2,4,6-8,10,21,23H,3,5,9,11H2,1H3. The summed E-state index contributed by atoms with van der Waals surface area (Å²) in [7, 11) is 0. The quantitative estimate of drug-likeness (QED) is 0.597. The summed E-state index contributed by atoms with van der Waals surface area (Å²) in [5, 5.41) is 12.3. The first kappa shape index (κ1) is 17.7. The normalized spacial score (nSPS) is 10.5. The average Bonchev–Trinajstić information content (AvgIpc) is 2.55. The molecule has 4 nitrogen and oxygen atoms in total. The van der Waals surface area contributed by atoms with Crippen LogP contribution >= 0.6 is 0 Å². The van der Waals surface area contributed by atoms with Gasteiger partial charge in [0.05, 0.1) is 6.61 Å². The molecule has 0 aliphatic rings. The second kappa shape index (κ2) is 8.29. The number of rotatable bonds is 7. The van der Waals surface area contributed by atoms with Gasteiger partial charge < -0.3 is 15.2 Å². The van der Waals surface area contributed by atoms with Crippen molar-refractivity contribution in [3.8, 4) is 5.75 Å². The summed E-state index contributed by atoms with van der Waals surface area (Å²) in [4.78, 5) is 10.7. The minimum Gasteiger partial charge on any atom is -0.505 e. The topological polar surface area (TPSA) is 58.6 Å². The zero-order valence-corrected chi connectivity index (χ0v) is 13.3. The number of halogens is 2. The van der Waals surface area contributed by atoms with Crippen LogP contribution in [0.1, 0.15) is 24.5 Å². The van der Waals surface area contributed by atoms with Gasteiger partial charge in [0, 0.05) is 24.7 Å². The molecule has 0 saturated carbocycles. The lowest BCUT2D eigenvalue weighted by atomic mass is 10.1. The average molecular weight is 335 g/mol. The van der Waals surface area contributed by atoms with Crippen molar-refractivity contribution in [1.82, 2.24) is 0 Å². The number of anilines is 1. The van der Waals surface area contributed by atoms with Gasteiger partial charge in [0.25, 0.3) is 0 Å². The van der Waals surface area contributed by atoms with Gasteiger partial charge in [-0.3, -0.25) is 4.79 Å². The first-order chi connectivity index (χ1) is 11.5. The highest BCUT2D eigenvalue weighted by atomic mass is 19.1. The maximum Gasteiger partial charge on any atom is 0.302 e. The van der Waals surface area contributed by atoms with Gasteiger partial charge in [-0.1, -0.05) is 12.1 Å². The highest BCUT2D eigenvalue weighted by Gasteiger charge is 2.12. The molecule has 2 aromatic rings. The first-order valence-corrected chi connectivity index (χ1v) is 7.59. The van der Waals surface area contributed by atoms with E-state index in [1.807, 2.05) is 18.2 Å². The summed E-state index contributed by atoms with van der Waals surface area (Å²) in [5.74, 6) is -2.55. The fourth-order valence-electron chi connectivity index (χ4n) is 2.27. The molecule has 128 valence electrons. The number of phenolic OH excluding ortho intramolecular Hbond substituents is 1. The molecule has 0 aromatic heterocycles. The minimum absolute atomic E-state index is 0.0804. The van der Waals surface area contributed by atoms with E-state index in [0.717, 1.165) is 24.1 Å². The Hall–Kier alpha value is -2.63. The lowest BCUT2D eigenvalue weighted by molar-refractivity contribution is -0.141. The molecule has 0 atom stereocenters. The number of phenols is 1. The Morgan fingerprint density at radius 1 is 1.25 bits per heavy atom. The summed E-state index contributed by atoms with van der Waals surface area (Å²) >= 11 is 0. The fourth-order valence-corrected chi connectivity index (χ4v) is 2.27. The van der Waals surface area contributed by atoms with Gasteiger partial charge in [0.1, 0.15) is 5.82 Å². The van der Waals surface area contributed by atoms with E-state index in [1.54, 1.807) is 6.07 Å². The third-order valence-electron chi connectivity index (χ3n) is 3.48. The van der Waals surface area contributed by atoms with Crippen molar-refractivity contribution in [2.45, 2.75) is 26.3 Å². The Bertz CT molecular complexity index is 719. The van der Waals surface area contributed by atoms with Crippen LogP contribution in [0, 0.1) is 11.6 Å². The van der Waals surface area contributed by atoms with Crippen LogP contribution in [0.3, 0.4) is 0 Å². The highest BCUT2D eigenvalue weighted by molar-refractivity contribution is 5.65. The SMILES string of the molecule is CC(=O)OCCCc1cccc(NCc2c(F)ccc(O)c2F)c1. The molecule has 0 bridgehead atoms. The van der Waals surface area contributed by atoms with Crippen molar-refractivity contribution in [3.05, 3.63) is 59.2 Å². The molecule has 0 fully saturated rings. The van der Waals surface area contributed by atoms with Crippen LogP contribution in [0.2, 0.25) is 0 Å². The molecule has 2 rings (SSSR count). The van der Waals surface area contributed by atoms with Crippen LogP contribution < -0.4 is 5.32 Å². The van der Waals surface area contributed by atoms with Gasteiger partial charge in [-0.15, -0.1) is 0 Å². The number of esters is 1. The summed E-state index contributed by atoms with van der Waals surface area (Å²) in [6.45, 7) is 1.64. The summed E-state index contributed by atoms with van der Waals surface area (Å²) in [6, 6.07) is 9.42. The van der Waals surface area contributed by atoms with Crippen molar-refractivity contribution in [2.24, 2.45) is 0 Å². The Balaban J connectivity index is 1.95. The summed E-state index contributed by atoms with van der Waals surface area (Å²) < 4.78 is 32.3. The number of ether oxygens (including phenoxy) is 1. The smallest absolute Gasteiger partial charge is 0.302 e. The Labute approximate surface area is 139 Å². The van der Waals surface area contributed by atoms with Crippen LogP contribution in [-0.4, -0.2) is 17.7 Å². The molecule has 0 heterocycles. The maximum absolute atomic E-state index is 13.7. The summed E-state index contributed by atoms with van der Waals surface area (Å²) in [6.07, 6.45) is 1.41. The zero-order chi connectivity index (χ0) is 17.5. The number of nitrogens with one attached hydrogen (secondary N) is 1. The predicted molar refractivity (Wildman–Crippen MR) is 86.7 cm³/mol. The van der Waals surface area contributed by atoms with Crippen molar-refractivity contribution in [2.75, 3.05) is 11.9 Å². The lowest BCUT2D eigenvalue weighted by Gasteiger charge is -2.11. The van der Waals surface area contributed by atoms with Gasteiger partial charge in [0.2, 0.25) is 0 Å². The molecule has 2 aromatic carbocycles. The van der Waals surface area contributed by atoms with Crippen LogP contribution in [-0.2, 0) is 22.5 Å². The van der Waals surface area contributed by atoms with Crippen LogP contribution in [0.5, 0.6) is 5.75 Å². The molecule has 0 amide bonds. The van der Waals surface area contributed by atoms with E-state index in [2.05, 4.69) is 5.32 Å². The van der Waals surface area contributed by atoms with E-state index in [9.17, 15) is 18.7 Å². The second-order valence-electron chi connectivity index (χ2n) is 5.36. The zero-order valence-electron chi connectivity index (χ0n) is 13.3. The van der Waals surface area contributed by atoms with Crippen LogP contribution in [0.4, 0.5) is 14.5 Å². The molecule has 6 heteroatoms. The van der Waals surface area contributed by atoms with Gasteiger partial charge in [0.15, 0.2) is 11.6 Å². The van der Waals surface area contributed by atoms with E-state index in [0.29, 0.717) is 18.7 Å². The first-order valence-electron chi connectivity index (χ1n) is 7.59. The second-order valence-corrected chi connectivity index (χ2v) is 5.36. The van der Waals surface area contributed by atoms with E-state index in [1.165, 1.54) is 6.92 Å². The molecule has 0 aliphatic carbocycles. The third-order valence-corrected chi connectivity index (χ3v) is 3.48. The van der Waals surface area contributed by atoms with Crippen molar-refractivity contribution in [1.29, 1.82) is 0 Å². The maximum atomic E-state index is 13.7. The lowest BCUT2D eigenvalue weighted by Crippen LogP contribution is -2.05. The number of carbonyl (C=O) groups is 1. The molecule has 0 spiro atoms. The van der Waals surface area contributed by atoms with E-state index >= 15 is 0 Å². The molecular weight excluding hydrogens is 316 g/mol. The number of carbonyl (C=O) groups excluding carboxylic acids is 1. The number of hydrogen-bond acceptors (Lipinski definition) is 4. The molecule has 0 unspecified atom stereocenters. The van der Waals surface area contributed by atoms with Crippen LogP contribution in [0.25, 0.3) is 0 Å². The Morgan fingerprint density at radius 2 is 2.04 bits per heavy atom. The molecule has 0 saturated heterocycles. The van der Waals surface area contributed by atoms with E-state index < -0.39 is 17.4 Å². The Morgan fingerprint density at radius 3 is 2.79 bits per heavy atom. The number of benzene rings is 2. The molecule has 2 N–H and O–H groups in total. The number of aryl methyl sites for hydroxylation is 1. The van der Waals surface area contributed by atoms with E-state index in [4.69, 9.17) is 4.74 Å². The molecule has 0 radical (unpaired) electrons. The molecular formula is C18H19F2NO3. The summed E-state index contributed by atoms with van der Waals surface area (Å²) in [5.41, 5.74) is 1.52. The molecule has 0 aliphatic heterocycles. The third kappa shape index (κ3) is 4.94. The van der Waals surface area contributed by atoms with Gasteiger partial charge >= 0.3 is 5.97 Å². The highest BCUT2D eigenvalue weighted by Crippen LogP contribution is 2.23. The largest absolute Gasteiger partial charge is 0.505 e. The fraction of sp³-hybridized carbons (Fsp3) is 0.278. The van der Waals surface area contributed by atoms with E-state index in [-0.39, 0.29) is 18.1 Å². The molecule has 24 heavy (non-hydrogen) atoms. The van der Waals surface area contributed by atoms with Gasteiger partial charge in [-0.05, 0) is 42.7 Å². The van der Waals surface area contributed by atoms with Gasteiger partial charge in [-0.2, -0.15) is 0 Å². The predicted octanol–water partition coefficient (Wildman–Crippen LogP) is 3.78. The monoisotopic (exact) mass is 335 g/mol. The minimum atomic E-state index is -0.958. The van der Waals surface area contributed by atoms with Crippen LogP contribution in [0.15, 0.2) is 36.4 Å². The van der Waals surface area contributed by atoms with Crippen molar-refractivity contribution >= 4 is 11.7 Å². The van der Waals surface area contributed by atoms with Crippen molar-refractivity contribution in [3.63, 3.8) is 0 Å².